The largest absolute Gasteiger partial charge is 0.368 e. The van der Waals surface area contributed by atoms with Crippen LogP contribution in [0.5, 0.6) is 0 Å². The van der Waals surface area contributed by atoms with Crippen molar-refractivity contribution in [3.8, 4) is 0 Å². The second kappa shape index (κ2) is 4.34. The van der Waals surface area contributed by atoms with E-state index < -0.39 is 0 Å². The highest BCUT2D eigenvalue weighted by atomic mass is 16.5. The molecule has 1 aliphatic carbocycles. The molecule has 0 aromatic carbocycles. The third-order valence-electron chi connectivity index (χ3n) is 3.96. The van der Waals surface area contributed by atoms with E-state index in [0.717, 1.165) is 6.42 Å². The van der Waals surface area contributed by atoms with Crippen molar-refractivity contribution in [3.05, 3.63) is 0 Å². The minimum atomic E-state index is -0.273. The molecular weight excluding hydrogens is 204 g/mol. The van der Waals surface area contributed by atoms with Gasteiger partial charge < -0.3 is 15.8 Å². The van der Waals surface area contributed by atoms with E-state index in [1.807, 2.05) is 6.92 Å². The Bertz CT molecular complexity index is 278. The molecule has 3 N–H and O–H groups in total. The standard InChI is InChI=1S/C12H22N2O2/c1-8-5-6-16-10(8)11(15)14-12(2,7-13)9-3-4-9/h8-10H,3-7,13H2,1-2H3,(H,14,15). The van der Waals surface area contributed by atoms with Gasteiger partial charge in [0.1, 0.15) is 6.10 Å². The first-order valence-electron chi connectivity index (χ1n) is 6.20. The van der Waals surface area contributed by atoms with Gasteiger partial charge in [0.15, 0.2) is 0 Å². The molecule has 0 aromatic heterocycles. The Balaban J connectivity index is 1.94. The lowest BCUT2D eigenvalue weighted by Gasteiger charge is -2.31. The zero-order valence-corrected chi connectivity index (χ0v) is 10.2. The van der Waals surface area contributed by atoms with Crippen molar-refractivity contribution in [1.29, 1.82) is 0 Å². The number of carbonyl (C=O) groups excluding carboxylic acids is 1. The van der Waals surface area contributed by atoms with Crippen molar-refractivity contribution in [2.24, 2.45) is 17.6 Å². The predicted molar refractivity (Wildman–Crippen MR) is 61.8 cm³/mol. The maximum absolute atomic E-state index is 12.1. The van der Waals surface area contributed by atoms with Crippen LogP contribution in [-0.4, -0.2) is 30.7 Å². The van der Waals surface area contributed by atoms with Gasteiger partial charge in [0.25, 0.3) is 0 Å². The molecule has 2 aliphatic rings. The Morgan fingerprint density at radius 2 is 2.19 bits per heavy atom. The smallest absolute Gasteiger partial charge is 0.249 e. The van der Waals surface area contributed by atoms with Crippen molar-refractivity contribution in [1.82, 2.24) is 5.32 Å². The van der Waals surface area contributed by atoms with Crippen LogP contribution in [0.3, 0.4) is 0 Å². The summed E-state index contributed by atoms with van der Waals surface area (Å²) in [5.74, 6) is 0.893. The zero-order valence-electron chi connectivity index (χ0n) is 10.2. The molecule has 0 radical (unpaired) electrons. The highest BCUT2D eigenvalue weighted by molar-refractivity contribution is 5.82. The fourth-order valence-electron chi connectivity index (χ4n) is 2.42. The van der Waals surface area contributed by atoms with Gasteiger partial charge in [-0.3, -0.25) is 4.79 Å². The molecule has 92 valence electrons. The van der Waals surface area contributed by atoms with Gasteiger partial charge in [0.05, 0.1) is 5.54 Å². The van der Waals surface area contributed by atoms with E-state index in [-0.39, 0.29) is 17.6 Å². The second-order valence-electron chi connectivity index (χ2n) is 5.44. The summed E-state index contributed by atoms with van der Waals surface area (Å²) < 4.78 is 5.46. The van der Waals surface area contributed by atoms with Crippen LogP contribution in [0.25, 0.3) is 0 Å². The predicted octanol–water partition coefficient (Wildman–Crippen LogP) is 0.655. The molecule has 1 aliphatic heterocycles. The summed E-state index contributed by atoms with van der Waals surface area (Å²) in [7, 11) is 0. The van der Waals surface area contributed by atoms with Crippen LogP contribution in [0.15, 0.2) is 0 Å². The summed E-state index contributed by atoms with van der Waals surface area (Å²) in [6.45, 7) is 5.31. The number of nitrogens with two attached hydrogens (primary N) is 1. The van der Waals surface area contributed by atoms with Crippen LogP contribution in [0.2, 0.25) is 0 Å². The summed E-state index contributed by atoms with van der Waals surface area (Å²) in [4.78, 5) is 12.1. The van der Waals surface area contributed by atoms with E-state index >= 15 is 0 Å². The summed E-state index contributed by atoms with van der Waals surface area (Å²) in [6, 6.07) is 0. The minimum Gasteiger partial charge on any atom is -0.368 e. The number of rotatable bonds is 4. The van der Waals surface area contributed by atoms with Gasteiger partial charge in [-0.2, -0.15) is 0 Å². The molecule has 4 nitrogen and oxygen atoms in total. The molecule has 0 aromatic rings. The van der Waals surface area contributed by atoms with E-state index in [1.165, 1.54) is 12.8 Å². The lowest BCUT2D eigenvalue weighted by Crippen LogP contribution is -2.56. The topological polar surface area (TPSA) is 64.3 Å². The summed E-state index contributed by atoms with van der Waals surface area (Å²) in [6.07, 6.45) is 3.05. The second-order valence-corrected chi connectivity index (χ2v) is 5.44. The van der Waals surface area contributed by atoms with Crippen LogP contribution >= 0.6 is 0 Å². The van der Waals surface area contributed by atoms with Crippen LogP contribution in [-0.2, 0) is 9.53 Å². The first-order valence-corrected chi connectivity index (χ1v) is 6.20. The van der Waals surface area contributed by atoms with E-state index in [0.29, 0.717) is 25.0 Å². The Labute approximate surface area is 96.9 Å². The zero-order chi connectivity index (χ0) is 11.8. The lowest BCUT2D eigenvalue weighted by atomic mass is 9.94. The molecule has 1 saturated carbocycles. The Hall–Kier alpha value is -0.610. The fourth-order valence-corrected chi connectivity index (χ4v) is 2.42. The average molecular weight is 226 g/mol. The third kappa shape index (κ3) is 2.23. The molecule has 0 spiro atoms. The number of amides is 1. The van der Waals surface area contributed by atoms with Gasteiger partial charge in [-0.1, -0.05) is 6.92 Å². The molecule has 1 saturated heterocycles. The monoisotopic (exact) mass is 226 g/mol. The van der Waals surface area contributed by atoms with Gasteiger partial charge in [-0.25, -0.2) is 0 Å². The normalized spacial score (nSPS) is 33.4. The van der Waals surface area contributed by atoms with Crippen LogP contribution in [0.4, 0.5) is 0 Å². The number of carbonyl (C=O) groups is 1. The summed E-state index contributed by atoms with van der Waals surface area (Å²) in [5, 5.41) is 3.09. The first-order chi connectivity index (χ1) is 7.57. The molecule has 3 atom stereocenters. The summed E-state index contributed by atoms with van der Waals surface area (Å²) in [5.41, 5.74) is 5.54. The number of hydrogen-bond donors (Lipinski definition) is 2. The average Bonchev–Trinajstić information content (AvgIpc) is 3.02. The van der Waals surface area contributed by atoms with Crippen LogP contribution < -0.4 is 11.1 Å². The number of ether oxygens (including phenoxy) is 1. The lowest BCUT2D eigenvalue weighted by molar-refractivity contribution is -0.133. The quantitative estimate of drug-likeness (QED) is 0.740. The maximum atomic E-state index is 12.1. The van der Waals surface area contributed by atoms with Gasteiger partial charge in [-0.15, -0.1) is 0 Å². The first kappa shape index (κ1) is 11.9. The third-order valence-corrected chi connectivity index (χ3v) is 3.96. The molecule has 1 heterocycles. The minimum absolute atomic E-state index is 0.0184. The van der Waals surface area contributed by atoms with Crippen molar-refractivity contribution in [3.63, 3.8) is 0 Å². The fraction of sp³-hybridized carbons (Fsp3) is 0.917. The molecule has 2 fully saturated rings. The highest BCUT2D eigenvalue weighted by Gasteiger charge is 2.43. The highest BCUT2D eigenvalue weighted by Crippen LogP contribution is 2.39. The van der Waals surface area contributed by atoms with Crippen molar-refractivity contribution < 1.29 is 9.53 Å². The summed E-state index contributed by atoms with van der Waals surface area (Å²) >= 11 is 0. The van der Waals surface area contributed by atoms with Gasteiger partial charge in [-0.05, 0) is 38.0 Å². The Morgan fingerprint density at radius 1 is 1.50 bits per heavy atom. The van der Waals surface area contributed by atoms with E-state index in [4.69, 9.17) is 10.5 Å². The molecule has 1 amide bonds. The number of nitrogens with one attached hydrogen (secondary N) is 1. The van der Waals surface area contributed by atoms with Crippen molar-refractivity contribution in [2.75, 3.05) is 13.2 Å². The van der Waals surface area contributed by atoms with Crippen molar-refractivity contribution in [2.45, 2.75) is 44.8 Å². The van der Waals surface area contributed by atoms with Gasteiger partial charge in [0.2, 0.25) is 5.91 Å². The Morgan fingerprint density at radius 3 is 2.62 bits per heavy atom. The molecule has 4 heteroatoms. The van der Waals surface area contributed by atoms with Crippen LogP contribution in [0, 0.1) is 11.8 Å². The van der Waals surface area contributed by atoms with Gasteiger partial charge in [0, 0.05) is 13.2 Å². The number of hydrogen-bond acceptors (Lipinski definition) is 3. The van der Waals surface area contributed by atoms with Gasteiger partial charge >= 0.3 is 0 Å². The van der Waals surface area contributed by atoms with E-state index in [2.05, 4.69) is 12.2 Å². The Kier molecular flexibility index (Phi) is 3.22. The molecular formula is C12H22N2O2. The SMILES string of the molecule is CC1CCOC1C(=O)NC(C)(CN)C1CC1. The van der Waals surface area contributed by atoms with Crippen LogP contribution in [0.1, 0.15) is 33.1 Å². The van der Waals surface area contributed by atoms with E-state index in [9.17, 15) is 4.79 Å². The van der Waals surface area contributed by atoms with Crippen molar-refractivity contribution >= 4 is 5.91 Å². The molecule has 0 bridgehead atoms. The molecule has 2 rings (SSSR count). The molecule has 3 unspecified atom stereocenters. The molecule has 16 heavy (non-hydrogen) atoms. The maximum Gasteiger partial charge on any atom is 0.249 e. The van der Waals surface area contributed by atoms with E-state index in [1.54, 1.807) is 0 Å².